The average Bonchev–Trinajstić information content (AvgIpc) is 3.17. The first-order chi connectivity index (χ1) is 12.8. The Hall–Kier alpha value is -2.51. The molecule has 1 aromatic heterocycles. The Labute approximate surface area is 161 Å². The SMILES string of the molecule is CCNC(=NCCNC(=O)C(C)(C)C)N1CCN(C(=O)c2ccco2)CC1. The van der Waals surface area contributed by atoms with Crippen LogP contribution in [0.15, 0.2) is 27.8 Å². The number of nitrogens with zero attached hydrogens (tertiary/aromatic N) is 3. The monoisotopic (exact) mass is 377 g/mol. The zero-order chi connectivity index (χ0) is 19.9. The molecule has 8 heteroatoms. The molecule has 0 aliphatic carbocycles. The van der Waals surface area contributed by atoms with Crippen LogP contribution in [0.4, 0.5) is 0 Å². The summed E-state index contributed by atoms with van der Waals surface area (Å²) in [6, 6.07) is 3.41. The van der Waals surface area contributed by atoms with Gasteiger partial charge in [0.2, 0.25) is 5.91 Å². The highest BCUT2D eigenvalue weighted by atomic mass is 16.3. The van der Waals surface area contributed by atoms with Crippen molar-refractivity contribution in [1.82, 2.24) is 20.4 Å². The molecule has 27 heavy (non-hydrogen) atoms. The van der Waals surface area contributed by atoms with Crippen molar-refractivity contribution in [2.45, 2.75) is 27.7 Å². The lowest BCUT2D eigenvalue weighted by atomic mass is 9.96. The first-order valence-electron chi connectivity index (χ1n) is 9.47. The number of nitrogens with one attached hydrogen (secondary N) is 2. The van der Waals surface area contributed by atoms with Crippen molar-refractivity contribution in [3.05, 3.63) is 24.2 Å². The molecule has 2 heterocycles. The van der Waals surface area contributed by atoms with Crippen LogP contribution in [0.25, 0.3) is 0 Å². The van der Waals surface area contributed by atoms with Crippen LogP contribution in [-0.4, -0.2) is 73.4 Å². The van der Waals surface area contributed by atoms with Crippen LogP contribution < -0.4 is 10.6 Å². The average molecular weight is 377 g/mol. The molecule has 2 amide bonds. The number of piperazine rings is 1. The van der Waals surface area contributed by atoms with Crippen LogP contribution in [0.1, 0.15) is 38.2 Å². The molecule has 1 aliphatic rings. The summed E-state index contributed by atoms with van der Waals surface area (Å²) in [7, 11) is 0. The maximum atomic E-state index is 12.3. The Balaban J connectivity index is 1.84. The fourth-order valence-corrected chi connectivity index (χ4v) is 2.70. The highest BCUT2D eigenvalue weighted by Gasteiger charge is 2.25. The molecule has 2 N–H and O–H groups in total. The molecule has 0 saturated carbocycles. The Kier molecular flexibility index (Phi) is 7.27. The predicted octanol–water partition coefficient (Wildman–Crippen LogP) is 1.17. The standard InChI is InChI=1S/C19H31N5O3/c1-5-20-18(22-9-8-21-17(26)19(2,3)4)24-12-10-23(11-13-24)16(25)15-7-6-14-27-15/h6-7,14H,5,8-13H2,1-4H3,(H,20,22)(H,21,26). The number of hydrogen-bond donors (Lipinski definition) is 2. The number of rotatable bonds is 5. The van der Waals surface area contributed by atoms with E-state index in [4.69, 9.17) is 4.42 Å². The van der Waals surface area contributed by atoms with Crippen molar-refractivity contribution in [1.29, 1.82) is 0 Å². The van der Waals surface area contributed by atoms with E-state index in [1.54, 1.807) is 17.0 Å². The minimum absolute atomic E-state index is 0.0211. The smallest absolute Gasteiger partial charge is 0.289 e. The van der Waals surface area contributed by atoms with Crippen LogP contribution in [0.3, 0.4) is 0 Å². The van der Waals surface area contributed by atoms with E-state index < -0.39 is 5.41 Å². The van der Waals surface area contributed by atoms with Gasteiger partial charge in [-0.3, -0.25) is 14.6 Å². The van der Waals surface area contributed by atoms with Crippen LogP contribution in [0.5, 0.6) is 0 Å². The van der Waals surface area contributed by atoms with E-state index >= 15 is 0 Å². The second kappa shape index (κ2) is 9.43. The quantitative estimate of drug-likeness (QED) is 0.457. The van der Waals surface area contributed by atoms with E-state index in [2.05, 4.69) is 20.5 Å². The van der Waals surface area contributed by atoms with E-state index in [-0.39, 0.29) is 11.8 Å². The van der Waals surface area contributed by atoms with E-state index in [9.17, 15) is 9.59 Å². The number of carbonyl (C=O) groups is 2. The summed E-state index contributed by atoms with van der Waals surface area (Å²) >= 11 is 0. The summed E-state index contributed by atoms with van der Waals surface area (Å²) in [5.74, 6) is 1.13. The number of guanidine groups is 1. The van der Waals surface area contributed by atoms with Crippen molar-refractivity contribution in [3.63, 3.8) is 0 Å². The summed E-state index contributed by atoms with van der Waals surface area (Å²) in [6.07, 6.45) is 1.51. The zero-order valence-corrected chi connectivity index (χ0v) is 16.7. The van der Waals surface area contributed by atoms with Crippen LogP contribution in [0.2, 0.25) is 0 Å². The molecule has 1 aromatic rings. The maximum Gasteiger partial charge on any atom is 0.289 e. The summed E-state index contributed by atoms with van der Waals surface area (Å²) in [5, 5.41) is 6.19. The van der Waals surface area contributed by atoms with Crippen molar-refractivity contribution in [2.75, 3.05) is 45.8 Å². The van der Waals surface area contributed by atoms with Gasteiger partial charge in [0.25, 0.3) is 5.91 Å². The van der Waals surface area contributed by atoms with E-state index in [0.717, 1.165) is 12.5 Å². The van der Waals surface area contributed by atoms with Crippen molar-refractivity contribution < 1.29 is 14.0 Å². The van der Waals surface area contributed by atoms with E-state index in [1.165, 1.54) is 6.26 Å². The molecule has 150 valence electrons. The lowest BCUT2D eigenvalue weighted by molar-refractivity contribution is -0.128. The van der Waals surface area contributed by atoms with E-state index in [0.29, 0.717) is 45.0 Å². The first-order valence-corrected chi connectivity index (χ1v) is 9.47. The minimum Gasteiger partial charge on any atom is -0.459 e. The number of hydrogen-bond acceptors (Lipinski definition) is 4. The Bertz CT molecular complexity index is 641. The van der Waals surface area contributed by atoms with Gasteiger partial charge in [-0.05, 0) is 19.1 Å². The van der Waals surface area contributed by atoms with Crippen molar-refractivity contribution in [2.24, 2.45) is 10.4 Å². The Morgan fingerprint density at radius 1 is 1.15 bits per heavy atom. The van der Waals surface area contributed by atoms with Gasteiger partial charge in [0.05, 0.1) is 12.8 Å². The fraction of sp³-hybridized carbons (Fsp3) is 0.632. The number of carbonyl (C=O) groups excluding carboxylic acids is 2. The molecule has 1 aliphatic heterocycles. The van der Waals surface area contributed by atoms with E-state index in [1.807, 2.05) is 27.7 Å². The molecular formula is C19H31N5O3. The van der Waals surface area contributed by atoms with Crippen LogP contribution in [0, 0.1) is 5.41 Å². The third kappa shape index (κ3) is 6.01. The van der Waals surface area contributed by atoms with Crippen molar-refractivity contribution in [3.8, 4) is 0 Å². The highest BCUT2D eigenvalue weighted by molar-refractivity contribution is 5.91. The third-order valence-corrected chi connectivity index (χ3v) is 4.27. The molecule has 0 aromatic carbocycles. The minimum atomic E-state index is -0.398. The van der Waals surface area contributed by atoms with Gasteiger partial charge in [-0.1, -0.05) is 20.8 Å². The normalized spacial score (nSPS) is 15.6. The topological polar surface area (TPSA) is 90.2 Å². The van der Waals surface area contributed by atoms with Crippen LogP contribution >= 0.6 is 0 Å². The second-order valence-corrected chi connectivity index (χ2v) is 7.50. The Morgan fingerprint density at radius 2 is 1.81 bits per heavy atom. The summed E-state index contributed by atoms with van der Waals surface area (Å²) in [4.78, 5) is 32.8. The van der Waals surface area contributed by atoms with Gasteiger partial charge in [-0.15, -0.1) is 0 Å². The van der Waals surface area contributed by atoms with Gasteiger partial charge in [0.1, 0.15) is 0 Å². The molecular weight excluding hydrogens is 346 g/mol. The van der Waals surface area contributed by atoms with Gasteiger partial charge in [0.15, 0.2) is 11.7 Å². The molecule has 8 nitrogen and oxygen atoms in total. The first kappa shape index (κ1) is 20.8. The summed E-state index contributed by atoms with van der Waals surface area (Å²) in [6.45, 7) is 12.1. The lowest BCUT2D eigenvalue weighted by Crippen LogP contribution is -2.53. The molecule has 0 bridgehead atoms. The van der Waals surface area contributed by atoms with Crippen LogP contribution in [-0.2, 0) is 4.79 Å². The van der Waals surface area contributed by atoms with Gasteiger partial charge < -0.3 is 24.9 Å². The molecule has 1 saturated heterocycles. The molecule has 2 rings (SSSR count). The third-order valence-electron chi connectivity index (χ3n) is 4.27. The summed E-state index contributed by atoms with van der Waals surface area (Å²) < 4.78 is 5.19. The largest absolute Gasteiger partial charge is 0.459 e. The zero-order valence-electron chi connectivity index (χ0n) is 16.7. The van der Waals surface area contributed by atoms with Gasteiger partial charge in [-0.25, -0.2) is 0 Å². The predicted molar refractivity (Wildman–Crippen MR) is 105 cm³/mol. The molecule has 0 atom stereocenters. The number of furan rings is 1. The summed E-state index contributed by atoms with van der Waals surface area (Å²) in [5.41, 5.74) is -0.398. The molecule has 0 spiro atoms. The second-order valence-electron chi connectivity index (χ2n) is 7.50. The van der Waals surface area contributed by atoms with Crippen molar-refractivity contribution >= 4 is 17.8 Å². The maximum absolute atomic E-state index is 12.3. The molecule has 1 fully saturated rings. The molecule has 0 radical (unpaired) electrons. The Morgan fingerprint density at radius 3 is 2.37 bits per heavy atom. The van der Waals surface area contributed by atoms with Gasteiger partial charge in [0, 0.05) is 44.7 Å². The lowest BCUT2D eigenvalue weighted by Gasteiger charge is -2.36. The van der Waals surface area contributed by atoms with Gasteiger partial charge >= 0.3 is 0 Å². The fourth-order valence-electron chi connectivity index (χ4n) is 2.70. The number of aliphatic imine (C=N–C) groups is 1. The highest BCUT2D eigenvalue weighted by Crippen LogP contribution is 2.12. The molecule has 0 unspecified atom stereocenters. The van der Waals surface area contributed by atoms with Gasteiger partial charge in [-0.2, -0.15) is 0 Å². The number of amides is 2.